The minimum absolute atomic E-state index is 0.599. The summed E-state index contributed by atoms with van der Waals surface area (Å²) >= 11 is 0. The zero-order valence-corrected chi connectivity index (χ0v) is 9.23. The van der Waals surface area contributed by atoms with Crippen LogP contribution in [0.15, 0.2) is 28.9 Å². The average Bonchev–Trinajstić information content (AvgIpc) is 2.73. The second-order valence-corrected chi connectivity index (χ2v) is 3.38. The molecule has 5 heteroatoms. The third-order valence-corrected chi connectivity index (χ3v) is 2.30. The maximum Gasteiger partial charge on any atom is 0.127 e. The summed E-state index contributed by atoms with van der Waals surface area (Å²) in [5, 5.41) is 10.7. The molecule has 1 heterocycles. The van der Waals surface area contributed by atoms with Gasteiger partial charge in [-0.25, -0.2) is 4.63 Å². The molecule has 1 aromatic carbocycles. The number of aromatic nitrogens is 2. The van der Waals surface area contributed by atoms with E-state index in [4.69, 9.17) is 4.74 Å². The van der Waals surface area contributed by atoms with Gasteiger partial charge in [-0.15, -0.1) is 0 Å². The molecule has 0 saturated carbocycles. The molecular weight excluding hydrogens is 206 g/mol. The van der Waals surface area contributed by atoms with E-state index in [-0.39, 0.29) is 0 Å². The van der Waals surface area contributed by atoms with Crippen LogP contribution in [0.3, 0.4) is 0 Å². The van der Waals surface area contributed by atoms with Crippen molar-refractivity contribution in [2.75, 3.05) is 12.4 Å². The van der Waals surface area contributed by atoms with Crippen LogP contribution in [-0.4, -0.2) is 17.4 Å². The highest BCUT2D eigenvalue weighted by Gasteiger charge is 2.04. The Morgan fingerprint density at radius 1 is 1.25 bits per heavy atom. The van der Waals surface area contributed by atoms with E-state index in [1.807, 2.05) is 31.2 Å². The molecule has 1 aromatic heterocycles. The summed E-state index contributed by atoms with van der Waals surface area (Å²) in [6.45, 7) is 2.46. The van der Waals surface area contributed by atoms with E-state index in [9.17, 15) is 0 Å². The van der Waals surface area contributed by atoms with Gasteiger partial charge in [0, 0.05) is 5.69 Å². The number of methoxy groups -OCH3 is 1. The monoisotopic (exact) mass is 219 g/mol. The number of anilines is 1. The van der Waals surface area contributed by atoms with Gasteiger partial charge < -0.3 is 10.1 Å². The second kappa shape index (κ2) is 4.65. The van der Waals surface area contributed by atoms with E-state index < -0.39 is 0 Å². The first-order valence-corrected chi connectivity index (χ1v) is 4.95. The molecule has 1 N–H and O–H groups in total. The van der Waals surface area contributed by atoms with Crippen molar-refractivity contribution >= 4 is 5.69 Å². The van der Waals surface area contributed by atoms with Gasteiger partial charge in [0.05, 0.1) is 13.7 Å². The zero-order valence-electron chi connectivity index (χ0n) is 9.23. The van der Waals surface area contributed by atoms with Crippen LogP contribution >= 0.6 is 0 Å². The van der Waals surface area contributed by atoms with Crippen LogP contribution in [0.2, 0.25) is 0 Å². The molecule has 0 saturated heterocycles. The molecule has 0 radical (unpaired) electrons. The minimum atomic E-state index is 0.599. The fourth-order valence-corrected chi connectivity index (χ4v) is 1.30. The number of nitrogens with one attached hydrogen (secondary N) is 1. The number of aryl methyl sites for hydroxylation is 1. The fraction of sp³-hybridized carbons (Fsp3) is 0.273. The molecule has 0 aliphatic rings. The quantitative estimate of drug-likeness (QED) is 0.852. The molecule has 0 spiro atoms. The molecule has 5 nitrogen and oxygen atoms in total. The molecule has 0 aliphatic heterocycles. The van der Waals surface area contributed by atoms with E-state index in [0.717, 1.165) is 22.8 Å². The predicted molar refractivity (Wildman–Crippen MR) is 59.4 cm³/mol. The first kappa shape index (κ1) is 10.5. The first-order chi connectivity index (χ1) is 7.79. The van der Waals surface area contributed by atoms with Gasteiger partial charge in [0.1, 0.15) is 17.1 Å². The van der Waals surface area contributed by atoms with E-state index in [1.165, 1.54) is 0 Å². The smallest absolute Gasteiger partial charge is 0.127 e. The summed E-state index contributed by atoms with van der Waals surface area (Å²) in [5.74, 6) is 0.838. The molecular formula is C11H13N3O2. The lowest BCUT2D eigenvalue weighted by Gasteiger charge is -2.05. The van der Waals surface area contributed by atoms with Crippen molar-refractivity contribution in [3.8, 4) is 5.75 Å². The highest BCUT2D eigenvalue weighted by atomic mass is 16.6. The van der Waals surface area contributed by atoms with E-state index in [0.29, 0.717) is 6.54 Å². The van der Waals surface area contributed by atoms with Crippen molar-refractivity contribution in [3.63, 3.8) is 0 Å². The van der Waals surface area contributed by atoms with Crippen LogP contribution in [0, 0.1) is 6.92 Å². The molecule has 0 unspecified atom stereocenters. The van der Waals surface area contributed by atoms with Gasteiger partial charge in [-0.05, 0) is 31.2 Å². The molecule has 0 bridgehead atoms. The number of hydrogen-bond donors (Lipinski definition) is 1. The van der Waals surface area contributed by atoms with Gasteiger partial charge in [0.15, 0.2) is 0 Å². The Morgan fingerprint density at radius 3 is 2.56 bits per heavy atom. The lowest BCUT2D eigenvalue weighted by molar-refractivity contribution is 0.301. The Bertz CT molecular complexity index is 451. The third kappa shape index (κ3) is 2.31. The molecule has 0 aliphatic carbocycles. The summed E-state index contributed by atoms with van der Waals surface area (Å²) < 4.78 is 9.68. The molecule has 0 fully saturated rings. The number of rotatable bonds is 4. The predicted octanol–water partition coefficient (Wildman–Crippen LogP) is 2.00. The normalized spacial score (nSPS) is 10.1. The van der Waals surface area contributed by atoms with Gasteiger partial charge in [-0.2, -0.15) is 0 Å². The average molecular weight is 219 g/mol. The molecule has 0 atom stereocenters. The van der Waals surface area contributed by atoms with Gasteiger partial charge in [-0.3, -0.25) is 0 Å². The second-order valence-electron chi connectivity index (χ2n) is 3.38. The Balaban J connectivity index is 1.97. The van der Waals surface area contributed by atoms with Gasteiger partial charge in [-0.1, -0.05) is 10.3 Å². The van der Waals surface area contributed by atoms with Crippen LogP contribution in [-0.2, 0) is 6.54 Å². The number of nitrogens with zero attached hydrogens (tertiary/aromatic N) is 2. The molecule has 16 heavy (non-hydrogen) atoms. The molecule has 2 aromatic rings. The fourth-order valence-electron chi connectivity index (χ4n) is 1.30. The Labute approximate surface area is 93.4 Å². The van der Waals surface area contributed by atoms with Crippen LogP contribution in [0.4, 0.5) is 5.69 Å². The lowest BCUT2D eigenvalue weighted by Crippen LogP contribution is -2.01. The van der Waals surface area contributed by atoms with Crippen molar-refractivity contribution in [2.24, 2.45) is 0 Å². The van der Waals surface area contributed by atoms with Crippen molar-refractivity contribution in [3.05, 3.63) is 35.7 Å². The topological polar surface area (TPSA) is 60.2 Å². The third-order valence-electron chi connectivity index (χ3n) is 2.30. The van der Waals surface area contributed by atoms with Gasteiger partial charge in [0.2, 0.25) is 0 Å². The van der Waals surface area contributed by atoms with Crippen LogP contribution in [0.1, 0.15) is 11.4 Å². The van der Waals surface area contributed by atoms with Crippen LogP contribution < -0.4 is 10.1 Å². The van der Waals surface area contributed by atoms with Crippen molar-refractivity contribution < 1.29 is 9.37 Å². The van der Waals surface area contributed by atoms with Crippen LogP contribution in [0.5, 0.6) is 5.75 Å². The zero-order chi connectivity index (χ0) is 11.4. The molecule has 2 rings (SSSR count). The number of ether oxygens (including phenoxy) is 1. The van der Waals surface area contributed by atoms with Gasteiger partial charge >= 0.3 is 0 Å². The SMILES string of the molecule is COc1ccc(NCc2nonc2C)cc1. The summed E-state index contributed by atoms with van der Waals surface area (Å²) in [7, 11) is 1.65. The summed E-state index contributed by atoms with van der Waals surface area (Å²) in [6.07, 6.45) is 0. The summed E-state index contributed by atoms with van der Waals surface area (Å²) in [6, 6.07) is 7.69. The number of hydrogen-bond acceptors (Lipinski definition) is 5. The van der Waals surface area contributed by atoms with Gasteiger partial charge in [0.25, 0.3) is 0 Å². The van der Waals surface area contributed by atoms with Crippen LogP contribution in [0.25, 0.3) is 0 Å². The Morgan fingerprint density at radius 2 is 2.00 bits per heavy atom. The maximum atomic E-state index is 5.07. The first-order valence-electron chi connectivity index (χ1n) is 4.95. The van der Waals surface area contributed by atoms with Crippen molar-refractivity contribution in [1.29, 1.82) is 0 Å². The Kier molecular flexibility index (Phi) is 3.05. The highest BCUT2D eigenvalue weighted by molar-refractivity contribution is 5.46. The van der Waals surface area contributed by atoms with E-state index in [2.05, 4.69) is 20.3 Å². The maximum absolute atomic E-state index is 5.07. The number of benzene rings is 1. The Hall–Kier alpha value is -2.04. The lowest BCUT2D eigenvalue weighted by atomic mass is 10.3. The minimum Gasteiger partial charge on any atom is -0.497 e. The largest absolute Gasteiger partial charge is 0.497 e. The van der Waals surface area contributed by atoms with Crippen molar-refractivity contribution in [1.82, 2.24) is 10.3 Å². The van der Waals surface area contributed by atoms with E-state index >= 15 is 0 Å². The van der Waals surface area contributed by atoms with E-state index in [1.54, 1.807) is 7.11 Å². The summed E-state index contributed by atoms with van der Waals surface area (Å²) in [4.78, 5) is 0. The van der Waals surface area contributed by atoms with Crippen molar-refractivity contribution in [2.45, 2.75) is 13.5 Å². The highest BCUT2D eigenvalue weighted by Crippen LogP contribution is 2.15. The summed E-state index contributed by atoms with van der Waals surface area (Å²) in [5.41, 5.74) is 2.63. The molecule has 0 amide bonds. The standard InChI is InChI=1S/C11H13N3O2/c1-8-11(14-16-13-8)7-12-9-3-5-10(15-2)6-4-9/h3-6,12H,7H2,1-2H3. The molecule has 84 valence electrons.